The van der Waals surface area contributed by atoms with Crippen molar-refractivity contribution in [3.05, 3.63) is 32.2 Å². The third kappa shape index (κ3) is 4.78. The molecular formula is C15H23BrN2O2. The van der Waals surface area contributed by atoms with E-state index in [0.29, 0.717) is 6.42 Å². The highest BCUT2D eigenvalue weighted by Gasteiger charge is 2.15. The SMILES string of the molecule is CCCCC[C@H](C)NC(=O)c1cc(Br)c(CC)[nH]c1=O. The van der Waals surface area contributed by atoms with Crippen molar-refractivity contribution in [2.24, 2.45) is 0 Å². The Morgan fingerprint density at radius 2 is 2.10 bits per heavy atom. The molecule has 1 heterocycles. The van der Waals surface area contributed by atoms with E-state index in [9.17, 15) is 9.59 Å². The maximum Gasteiger partial charge on any atom is 0.261 e. The predicted octanol–water partition coefficient (Wildman–Crippen LogP) is 3.40. The zero-order valence-corrected chi connectivity index (χ0v) is 14.0. The van der Waals surface area contributed by atoms with Crippen molar-refractivity contribution in [2.45, 2.75) is 58.9 Å². The van der Waals surface area contributed by atoms with Crippen LogP contribution in [0.5, 0.6) is 0 Å². The fourth-order valence-electron chi connectivity index (χ4n) is 2.04. The minimum absolute atomic E-state index is 0.0816. The number of H-pyrrole nitrogens is 1. The molecule has 0 fully saturated rings. The van der Waals surface area contributed by atoms with Gasteiger partial charge in [-0.15, -0.1) is 0 Å². The monoisotopic (exact) mass is 342 g/mol. The molecule has 0 radical (unpaired) electrons. The van der Waals surface area contributed by atoms with Crippen LogP contribution in [0.15, 0.2) is 15.3 Å². The van der Waals surface area contributed by atoms with Crippen LogP contribution in [0.25, 0.3) is 0 Å². The van der Waals surface area contributed by atoms with Crippen LogP contribution in [0, 0.1) is 0 Å². The summed E-state index contributed by atoms with van der Waals surface area (Å²) in [4.78, 5) is 26.7. The normalized spacial score (nSPS) is 12.2. The van der Waals surface area contributed by atoms with Gasteiger partial charge >= 0.3 is 0 Å². The summed E-state index contributed by atoms with van der Waals surface area (Å²) in [6.07, 6.45) is 5.06. The summed E-state index contributed by atoms with van der Waals surface area (Å²) in [5.74, 6) is -0.307. The average Bonchev–Trinajstić information content (AvgIpc) is 2.41. The fraction of sp³-hybridized carbons (Fsp3) is 0.600. The smallest absolute Gasteiger partial charge is 0.261 e. The van der Waals surface area contributed by atoms with Crippen molar-refractivity contribution in [3.63, 3.8) is 0 Å². The van der Waals surface area contributed by atoms with Crippen LogP contribution in [-0.2, 0) is 6.42 Å². The summed E-state index contributed by atoms with van der Waals surface area (Å²) < 4.78 is 0.767. The lowest BCUT2D eigenvalue weighted by Gasteiger charge is -2.13. The number of amides is 1. The molecule has 1 aromatic rings. The second-order valence-electron chi connectivity index (χ2n) is 5.06. The van der Waals surface area contributed by atoms with Crippen LogP contribution in [0.4, 0.5) is 0 Å². The number of hydrogen-bond donors (Lipinski definition) is 2. The van der Waals surface area contributed by atoms with Gasteiger partial charge in [-0.2, -0.15) is 0 Å². The van der Waals surface area contributed by atoms with Crippen LogP contribution in [0.2, 0.25) is 0 Å². The number of carbonyl (C=O) groups excluding carboxylic acids is 1. The summed E-state index contributed by atoms with van der Waals surface area (Å²) in [7, 11) is 0. The quantitative estimate of drug-likeness (QED) is 0.746. The molecule has 5 heteroatoms. The third-order valence-corrected chi connectivity index (χ3v) is 3.99. The predicted molar refractivity (Wildman–Crippen MR) is 85.2 cm³/mol. The summed E-state index contributed by atoms with van der Waals surface area (Å²) in [5, 5.41) is 2.88. The van der Waals surface area contributed by atoms with E-state index in [1.807, 2.05) is 13.8 Å². The molecule has 1 amide bonds. The molecule has 1 atom stereocenters. The minimum atomic E-state index is -0.330. The number of halogens is 1. The van der Waals surface area contributed by atoms with Gasteiger partial charge in [-0.25, -0.2) is 0 Å². The number of aromatic nitrogens is 1. The lowest BCUT2D eigenvalue weighted by atomic mass is 10.1. The first-order valence-corrected chi connectivity index (χ1v) is 8.01. The number of unbranched alkanes of at least 4 members (excludes halogenated alkanes) is 2. The maximum absolute atomic E-state index is 12.1. The summed E-state index contributed by atoms with van der Waals surface area (Å²) in [6, 6.07) is 1.68. The number of aromatic amines is 1. The van der Waals surface area contributed by atoms with Crippen molar-refractivity contribution in [1.29, 1.82) is 0 Å². The maximum atomic E-state index is 12.1. The molecule has 0 saturated heterocycles. The molecule has 0 unspecified atom stereocenters. The number of rotatable bonds is 7. The summed E-state index contributed by atoms with van der Waals surface area (Å²) in [5.41, 5.74) is 0.641. The number of hydrogen-bond acceptors (Lipinski definition) is 2. The first kappa shape index (κ1) is 17.0. The van der Waals surface area contributed by atoms with E-state index in [2.05, 4.69) is 33.2 Å². The molecular weight excluding hydrogens is 320 g/mol. The Balaban J connectivity index is 2.73. The molecule has 0 aliphatic carbocycles. The minimum Gasteiger partial charge on any atom is -0.349 e. The van der Waals surface area contributed by atoms with Gasteiger partial charge < -0.3 is 10.3 Å². The molecule has 0 aliphatic rings. The Morgan fingerprint density at radius 1 is 1.40 bits per heavy atom. The van der Waals surface area contributed by atoms with Crippen molar-refractivity contribution >= 4 is 21.8 Å². The van der Waals surface area contributed by atoms with Crippen LogP contribution in [0.1, 0.15) is 62.5 Å². The first-order valence-electron chi connectivity index (χ1n) is 7.22. The number of pyridine rings is 1. The largest absolute Gasteiger partial charge is 0.349 e. The molecule has 1 rings (SSSR count). The zero-order chi connectivity index (χ0) is 15.1. The summed E-state index contributed by atoms with van der Waals surface area (Å²) in [6.45, 7) is 6.07. The Morgan fingerprint density at radius 3 is 2.70 bits per heavy atom. The number of nitrogens with one attached hydrogen (secondary N) is 2. The molecule has 20 heavy (non-hydrogen) atoms. The highest BCUT2D eigenvalue weighted by molar-refractivity contribution is 9.10. The lowest BCUT2D eigenvalue weighted by molar-refractivity contribution is 0.0936. The van der Waals surface area contributed by atoms with E-state index < -0.39 is 0 Å². The van der Waals surface area contributed by atoms with Gasteiger partial charge in [0.25, 0.3) is 11.5 Å². The molecule has 112 valence electrons. The molecule has 1 aromatic heterocycles. The van der Waals surface area contributed by atoms with Gasteiger partial charge in [0.2, 0.25) is 0 Å². The second kappa shape index (κ2) is 8.25. The van der Waals surface area contributed by atoms with Gasteiger partial charge in [-0.3, -0.25) is 9.59 Å². The van der Waals surface area contributed by atoms with Gasteiger partial charge in [0.15, 0.2) is 0 Å². The average molecular weight is 343 g/mol. The highest BCUT2D eigenvalue weighted by atomic mass is 79.9. The number of aryl methyl sites for hydroxylation is 1. The third-order valence-electron chi connectivity index (χ3n) is 3.28. The zero-order valence-electron chi connectivity index (χ0n) is 12.4. The van der Waals surface area contributed by atoms with Crippen LogP contribution >= 0.6 is 15.9 Å². The van der Waals surface area contributed by atoms with Crippen molar-refractivity contribution < 1.29 is 4.79 Å². The Labute approximate surface area is 128 Å². The Kier molecular flexibility index (Phi) is 6.99. The number of carbonyl (C=O) groups is 1. The lowest BCUT2D eigenvalue weighted by Crippen LogP contribution is -2.36. The van der Waals surface area contributed by atoms with Crippen molar-refractivity contribution in [1.82, 2.24) is 10.3 Å². The molecule has 2 N–H and O–H groups in total. The van der Waals surface area contributed by atoms with E-state index in [0.717, 1.165) is 35.8 Å². The standard InChI is InChI=1S/C15H23BrN2O2/c1-4-6-7-8-10(3)17-14(19)11-9-12(16)13(5-2)18-15(11)20/h9-10H,4-8H2,1-3H3,(H,17,19)(H,18,20)/t10-/m0/s1. The molecule has 0 aromatic carbocycles. The van der Waals surface area contributed by atoms with E-state index in [4.69, 9.17) is 0 Å². The van der Waals surface area contributed by atoms with Crippen molar-refractivity contribution in [3.8, 4) is 0 Å². The Bertz CT molecular complexity index is 511. The van der Waals surface area contributed by atoms with Gasteiger partial charge in [0.1, 0.15) is 5.56 Å². The first-order chi connectivity index (χ1) is 9.49. The highest BCUT2D eigenvalue weighted by Crippen LogP contribution is 2.14. The van der Waals surface area contributed by atoms with Gasteiger partial charge in [0, 0.05) is 16.2 Å². The van der Waals surface area contributed by atoms with E-state index in [1.165, 1.54) is 0 Å². The van der Waals surface area contributed by atoms with Crippen LogP contribution in [-0.4, -0.2) is 16.9 Å². The van der Waals surface area contributed by atoms with E-state index >= 15 is 0 Å². The van der Waals surface area contributed by atoms with Crippen molar-refractivity contribution in [2.75, 3.05) is 0 Å². The molecule has 0 aliphatic heterocycles. The van der Waals surface area contributed by atoms with Gasteiger partial charge in [-0.1, -0.05) is 33.1 Å². The summed E-state index contributed by atoms with van der Waals surface area (Å²) >= 11 is 3.38. The van der Waals surface area contributed by atoms with Crippen LogP contribution < -0.4 is 10.9 Å². The second-order valence-corrected chi connectivity index (χ2v) is 5.92. The van der Waals surface area contributed by atoms with E-state index in [1.54, 1.807) is 6.07 Å². The molecule has 0 spiro atoms. The Hall–Kier alpha value is -1.10. The van der Waals surface area contributed by atoms with Crippen LogP contribution in [0.3, 0.4) is 0 Å². The molecule has 4 nitrogen and oxygen atoms in total. The van der Waals surface area contributed by atoms with Gasteiger partial charge in [0.05, 0.1) is 0 Å². The molecule has 0 bridgehead atoms. The molecule has 0 saturated carbocycles. The van der Waals surface area contributed by atoms with E-state index in [-0.39, 0.29) is 23.1 Å². The van der Waals surface area contributed by atoms with Gasteiger partial charge in [-0.05, 0) is 41.8 Å². The fourth-order valence-corrected chi connectivity index (χ4v) is 2.65. The topological polar surface area (TPSA) is 62.0 Å².